The SMILES string of the molecule is CN(c1ccc(C#N)cc1N)c1ccc(F)cc1F. The van der Waals surface area contributed by atoms with Crippen molar-refractivity contribution < 1.29 is 8.78 Å². The third kappa shape index (κ3) is 2.47. The van der Waals surface area contributed by atoms with Crippen molar-refractivity contribution >= 4 is 17.1 Å². The van der Waals surface area contributed by atoms with Gasteiger partial charge in [-0.15, -0.1) is 0 Å². The van der Waals surface area contributed by atoms with Gasteiger partial charge < -0.3 is 10.6 Å². The van der Waals surface area contributed by atoms with Gasteiger partial charge in [0.2, 0.25) is 0 Å². The Balaban J connectivity index is 2.44. The van der Waals surface area contributed by atoms with Crippen LogP contribution in [0.15, 0.2) is 36.4 Å². The first-order valence-corrected chi connectivity index (χ1v) is 5.51. The van der Waals surface area contributed by atoms with Crippen molar-refractivity contribution in [2.45, 2.75) is 0 Å². The first-order chi connectivity index (χ1) is 9.02. The molecule has 0 aliphatic rings. The first kappa shape index (κ1) is 12.8. The lowest BCUT2D eigenvalue weighted by Crippen LogP contribution is -2.13. The van der Waals surface area contributed by atoms with E-state index in [2.05, 4.69) is 0 Å². The van der Waals surface area contributed by atoms with E-state index in [0.717, 1.165) is 6.07 Å². The van der Waals surface area contributed by atoms with E-state index in [1.165, 1.54) is 23.1 Å². The summed E-state index contributed by atoms with van der Waals surface area (Å²) in [5.41, 5.74) is 7.36. The van der Waals surface area contributed by atoms with Crippen LogP contribution in [0.25, 0.3) is 0 Å². The second kappa shape index (κ2) is 4.94. The number of hydrogen-bond donors (Lipinski definition) is 1. The molecule has 0 heterocycles. The normalized spacial score (nSPS) is 10.0. The van der Waals surface area contributed by atoms with Crippen LogP contribution < -0.4 is 10.6 Å². The molecule has 2 aromatic rings. The number of halogens is 2. The molecule has 96 valence electrons. The molecule has 19 heavy (non-hydrogen) atoms. The Hall–Kier alpha value is -2.61. The van der Waals surface area contributed by atoms with Crippen LogP contribution >= 0.6 is 0 Å². The van der Waals surface area contributed by atoms with Crippen molar-refractivity contribution in [2.24, 2.45) is 0 Å². The van der Waals surface area contributed by atoms with Crippen LogP contribution in [0.3, 0.4) is 0 Å². The van der Waals surface area contributed by atoms with E-state index in [1.54, 1.807) is 19.2 Å². The molecule has 0 aliphatic heterocycles. The molecule has 0 bridgehead atoms. The van der Waals surface area contributed by atoms with E-state index >= 15 is 0 Å². The van der Waals surface area contributed by atoms with Gasteiger partial charge >= 0.3 is 0 Å². The number of nitrogens with zero attached hydrogens (tertiary/aromatic N) is 2. The van der Waals surface area contributed by atoms with Gasteiger partial charge in [-0.2, -0.15) is 5.26 Å². The van der Waals surface area contributed by atoms with Crippen LogP contribution in [0.4, 0.5) is 25.8 Å². The topological polar surface area (TPSA) is 53.0 Å². The van der Waals surface area contributed by atoms with Crippen molar-refractivity contribution in [3.05, 3.63) is 53.6 Å². The predicted molar refractivity (Wildman–Crippen MR) is 70.0 cm³/mol. The molecular weight excluding hydrogens is 248 g/mol. The highest BCUT2D eigenvalue weighted by Gasteiger charge is 2.13. The Morgan fingerprint density at radius 1 is 1.11 bits per heavy atom. The molecule has 0 saturated heterocycles. The number of benzene rings is 2. The summed E-state index contributed by atoms with van der Waals surface area (Å²) in [6.07, 6.45) is 0. The number of rotatable bonds is 2. The molecule has 0 atom stereocenters. The highest BCUT2D eigenvalue weighted by molar-refractivity contribution is 5.75. The van der Waals surface area contributed by atoms with Gasteiger partial charge in [-0.3, -0.25) is 0 Å². The van der Waals surface area contributed by atoms with E-state index in [0.29, 0.717) is 16.9 Å². The molecule has 2 N–H and O–H groups in total. The molecule has 0 spiro atoms. The standard InChI is InChI=1S/C14H11F2N3/c1-19(13-5-3-10(15)7-11(13)16)14-4-2-9(8-17)6-12(14)18/h2-7H,18H2,1H3. The van der Waals surface area contributed by atoms with Gasteiger partial charge in [0.15, 0.2) is 0 Å². The maximum absolute atomic E-state index is 13.7. The summed E-state index contributed by atoms with van der Waals surface area (Å²) < 4.78 is 26.6. The molecule has 0 radical (unpaired) electrons. The summed E-state index contributed by atoms with van der Waals surface area (Å²) >= 11 is 0. The van der Waals surface area contributed by atoms with E-state index in [4.69, 9.17) is 11.0 Å². The minimum absolute atomic E-state index is 0.206. The van der Waals surface area contributed by atoms with Crippen molar-refractivity contribution in [2.75, 3.05) is 17.7 Å². The fourth-order valence-electron chi connectivity index (χ4n) is 1.81. The number of anilines is 3. The zero-order valence-corrected chi connectivity index (χ0v) is 10.2. The minimum atomic E-state index is -0.675. The highest BCUT2D eigenvalue weighted by atomic mass is 19.1. The van der Waals surface area contributed by atoms with Crippen molar-refractivity contribution in [1.29, 1.82) is 5.26 Å². The van der Waals surface area contributed by atoms with Crippen LogP contribution in [-0.2, 0) is 0 Å². The van der Waals surface area contributed by atoms with Gasteiger partial charge in [0.1, 0.15) is 11.6 Å². The number of nitriles is 1. The summed E-state index contributed by atoms with van der Waals surface area (Å²) in [5.74, 6) is -1.31. The molecule has 0 aliphatic carbocycles. The highest BCUT2D eigenvalue weighted by Crippen LogP contribution is 2.31. The molecule has 3 nitrogen and oxygen atoms in total. The molecule has 0 unspecified atom stereocenters. The second-order valence-electron chi connectivity index (χ2n) is 4.04. The van der Waals surface area contributed by atoms with Crippen LogP contribution in [0.2, 0.25) is 0 Å². The van der Waals surface area contributed by atoms with Gasteiger partial charge in [-0.1, -0.05) is 0 Å². The molecule has 0 fully saturated rings. The fraction of sp³-hybridized carbons (Fsp3) is 0.0714. The zero-order chi connectivity index (χ0) is 14.0. The predicted octanol–water partition coefficient (Wildman–Crippen LogP) is 3.19. The minimum Gasteiger partial charge on any atom is -0.397 e. The monoisotopic (exact) mass is 259 g/mol. The fourth-order valence-corrected chi connectivity index (χ4v) is 1.81. The lowest BCUT2D eigenvalue weighted by molar-refractivity contribution is 0.583. The number of hydrogen-bond acceptors (Lipinski definition) is 3. The van der Waals surface area contributed by atoms with Gasteiger partial charge in [-0.05, 0) is 30.3 Å². The van der Waals surface area contributed by atoms with E-state index in [1.807, 2.05) is 6.07 Å². The Labute approximate surface area is 109 Å². The quantitative estimate of drug-likeness (QED) is 0.843. The summed E-state index contributed by atoms with van der Waals surface area (Å²) in [6.45, 7) is 0. The largest absolute Gasteiger partial charge is 0.397 e. The zero-order valence-electron chi connectivity index (χ0n) is 10.2. The molecule has 2 rings (SSSR count). The van der Waals surface area contributed by atoms with Crippen LogP contribution in [0, 0.1) is 23.0 Å². The molecule has 5 heteroatoms. The number of nitrogens with two attached hydrogens (primary N) is 1. The Kier molecular flexibility index (Phi) is 3.34. The van der Waals surface area contributed by atoms with Gasteiger partial charge in [0, 0.05) is 13.1 Å². The van der Waals surface area contributed by atoms with E-state index < -0.39 is 11.6 Å². The van der Waals surface area contributed by atoms with E-state index in [9.17, 15) is 8.78 Å². The molecular formula is C14H11F2N3. The van der Waals surface area contributed by atoms with E-state index in [-0.39, 0.29) is 5.69 Å². The van der Waals surface area contributed by atoms with Crippen molar-refractivity contribution in [1.82, 2.24) is 0 Å². The maximum atomic E-state index is 13.7. The lowest BCUT2D eigenvalue weighted by Gasteiger charge is -2.21. The van der Waals surface area contributed by atoms with Crippen molar-refractivity contribution in [3.63, 3.8) is 0 Å². The summed E-state index contributed by atoms with van der Waals surface area (Å²) in [5, 5.41) is 8.76. The van der Waals surface area contributed by atoms with Crippen LogP contribution in [0.1, 0.15) is 5.56 Å². The third-order valence-corrected chi connectivity index (χ3v) is 2.79. The third-order valence-electron chi connectivity index (χ3n) is 2.79. The molecule has 0 saturated carbocycles. The van der Waals surface area contributed by atoms with Crippen molar-refractivity contribution in [3.8, 4) is 6.07 Å². The summed E-state index contributed by atoms with van der Waals surface area (Å²) in [6, 6.07) is 10.0. The Morgan fingerprint density at radius 2 is 1.79 bits per heavy atom. The van der Waals surface area contributed by atoms with Crippen LogP contribution in [0.5, 0.6) is 0 Å². The Bertz CT molecular complexity index is 662. The summed E-state index contributed by atoms with van der Waals surface area (Å²) in [7, 11) is 1.62. The average molecular weight is 259 g/mol. The lowest BCUT2D eigenvalue weighted by atomic mass is 10.1. The Morgan fingerprint density at radius 3 is 2.37 bits per heavy atom. The second-order valence-corrected chi connectivity index (χ2v) is 4.04. The van der Waals surface area contributed by atoms with Gasteiger partial charge in [-0.25, -0.2) is 8.78 Å². The first-order valence-electron chi connectivity index (χ1n) is 5.51. The van der Waals surface area contributed by atoms with Crippen LogP contribution in [-0.4, -0.2) is 7.05 Å². The smallest absolute Gasteiger partial charge is 0.149 e. The molecule has 2 aromatic carbocycles. The maximum Gasteiger partial charge on any atom is 0.149 e. The summed E-state index contributed by atoms with van der Waals surface area (Å²) in [4.78, 5) is 1.51. The average Bonchev–Trinajstić information content (AvgIpc) is 2.37. The van der Waals surface area contributed by atoms with Gasteiger partial charge in [0.05, 0.1) is 28.7 Å². The molecule has 0 aromatic heterocycles. The number of nitrogen functional groups attached to an aromatic ring is 1. The van der Waals surface area contributed by atoms with Gasteiger partial charge in [0.25, 0.3) is 0 Å². The molecule has 0 amide bonds.